The highest BCUT2D eigenvalue weighted by Crippen LogP contribution is 2.29. The lowest BCUT2D eigenvalue weighted by molar-refractivity contribution is 0.160. The number of hydrogen-bond acceptors (Lipinski definition) is 3. The highest BCUT2D eigenvalue weighted by atomic mass is 79.9. The van der Waals surface area contributed by atoms with Crippen LogP contribution in [0.1, 0.15) is 31.4 Å². The van der Waals surface area contributed by atoms with E-state index in [4.69, 9.17) is 4.42 Å². The Bertz CT molecular complexity index is 318. The van der Waals surface area contributed by atoms with E-state index in [1.807, 2.05) is 12.1 Å². The Kier molecular flexibility index (Phi) is 3.49. The van der Waals surface area contributed by atoms with Crippen LogP contribution in [0, 0.1) is 0 Å². The Morgan fingerprint density at radius 2 is 2.13 bits per heavy atom. The Morgan fingerprint density at radius 3 is 2.67 bits per heavy atom. The van der Waals surface area contributed by atoms with Crippen molar-refractivity contribution in [2.24, 2.45) is 0 Å². The fourth-order valence-electron chi connectivity index (χ4n) is 2.16. The van der Waals surface area contributed by atoms with Crippen molar-refractivity contribution in [3.63, 3.8) is 0 Å². The molecule has 0 aromatic carbocycles. The Morgan fingerprint density at radius 1 is 1.40 bits per heavy atom. The van der Waals surface area contributed by atoms with Crippen molar-refractivity contribution in [3.05, 3.63) is 22.6 Å². The van der Waals surface area contributed by atoms with E-state index in [-0.39, 0.29) is 12.1 Å². The first kappa shape index (κ1) is 11.2. The molecule has 3 nitrogen and oxygen atoms in total. The van der Waals surface area contributed by atoms with E-state index in [1.165, 1.54) is 12.8 Å². The fraction of sp³-hybridized carbons (Fsp3) is 0.636. The summed E-state index contributed by atoms with van der Waals surface area (Å²) in [6.45, 7) is 0.904. The molecule has 1 fully saturated rings. The van der Waals surface area contributed by atoms with Gasteiger partial charge in [-0.25, -0.2) is 0 Å². The number of rotatable bonds is 4. The summed E-state index contributed by atoms with van der Waals surface area (Å²) in [4.78, 5) is 0. The lowest BCUT2D eigenvalue weighted by atomic mass is 9.99. The quantitative estimate of drug-likeness (QED) is 0.886. The minimum Gasteiger partial charge on any atom is -0.453 e. The van der Waals surface area contributed by atoms with Crippen molar-refractivity contribution in [2.45, 2.75) is 37.8 Å². The minimum atomic E-state index is -0.0702. The van der Waals surface area contributed by atoms with Crippen molar-refractivity contribution < 1.29 is 9.52 Å². The van der Waals surface area contributed by atoms with Crippen molar-refractivity contribution >= 4 is 15.9 Å². The van der Waals surface area contributed by atoms with E-state index >= 15 is 0 Å². The van der Waals surface area contributed by atoms with Gasteiger partial charge in [0.25, 0.3) is 0 Å². The van der Waals surface area contributed by atoms with Crippen molar-refractivity contribution in [1.29, 1.82) is 0 Å². The average molecular weight is 274 g/mol. The van der Waals surface area contributed by atoms with Gasteiger partial charge in [-0.3, -0.25) is 0 Å². The molecule has 2 N–H and O–H groups in total. The maximum atomic E-state index is 9.40. The highest BCUT2D eigenvalue weighted by Gasteiger charge is 2.32. The van der Waals surface area contributed by atoms with Crippen LogP contribution >= 0.6 is 15.9 Å². The third kappa shape index (κ3) is 2.62. The third-order valence-electron chi connectivity index (χ3n) is 3.13. The second kappa shape index (κ2) is 4.68. The van der Waals surface area contributed by atoms with Crippen LogP contribution in [0.2, 0.25) is 0 Å². The first-order chi connectivity index (χ1) is 7.24. The number of hydrogen-bond donors (Lipinski definition) is 2. The molecule has 2 rings (SSSR count). The van der Waals surface area contributed by atoms with Gasteiger partial charge in [0.2, 0.25) is 0 Å². The van der Waals surface area contributed by atoms with Gasteiger partial charge in [-0.05, 0) is 40.9 Å². The van der Waals surface area contributed by atoms with Gasteiger partial charge in [0.15, 0.2) is 4.67 Å². The van der Waals surface area contributed by atoms with Gasteiger partial charge < -0.3 is 14.8 Å². The molecule has 4 heteroatoms. The maximum Gasteiger partial charge on any atom is 0.169 e. The van der Waals surface area contributed by atoms with E-state index in [2.05, 4.69) is 21.2 Å². The molecule has 84 valence electrons. The van der Waals surface area contributed by atoms with Crippen molar-refractivity contribution in [1.82, 2.24) is 5.32 Å². The molecular formula is C11H16BrNO2. The molecule has 0 atom stereocenters. The van der Waals surface area contributed by atoms with Crippen molar-refractivity contribution in [2.75, 3.05) is 6.61 Å². The zero-order chi connectivity index (χ0) is 10.7. The second-order valence-corrected chi connectivity index (χ2v) is 4.99. The lowest BCUT2D eigenvalue weighted by Crippen LogP contribution is -2.45. The molecule has 1 heterocycles. The lowest BCUT2D eigenvalue weighted by Gasteiger charge is -2.27. The van der Waals surface area contributed by atoms with Gasteiger partial charge in [0, 0.05) is 5.54 Å². The predicted molar refractivity (Wildman–Crippen MR) is 61.5 cm³/mol. The van der Waals surface area contributed by atoms with E-state index in [9.17, 15) is 5.11 Å². The third-order valence-corrected chi connectivity index (χ3v) is 3.56. The van der Waals surface area contributed by atoms with Gasteiger partial charge in [0.1, 0.15) is 5.76 Å². The number of aliphatic hydroxyl groups excluding tert-OH is 1. The summed E-state index contributed by atoms with van der Waals surface area (Å²) in [6.07, 6.45) is 4.53. The Labute approximate surface area is 98.0 Å². The van der Waals surface area contributed by atoms with Crippen LogP contribution in [0.25, 0.3) is 0 Å². The van der Waals surface area contributed by atoms with Crippen LogP contribution in [0.3, 0.4) is 0 Å². The monoisotopic (exact) mass is 273 g/mol. The summed E-state index contributed by atoms with van der Waals surface area (Å²) >= 11 is 3.27. The van der Waals surface area contributed by atoms with Crippen LogP contribution in [0.15, 0.2) is 21.2 Å². The van der Waals surface area contributed by atoms with E-state index in [0.29, 0.717) is 6.54 Å². The highest BCUT2D eigenvalue weighted by molar-refractivity contribution is 9.10. The van der Waals surface area contributed by atoms with Crippen LogP contribution in [-0.2, 0) is 6.54 Å². The number of halogens is 1. The summed E-state index contributed by atoms with van der Waals surface area (Å²) < 4.78 is 6.16. The minimum absolute atomic E-state index is 0.0702. The molecule has 1 aromatic heterocycles. The second-order valence-electron chi connectivity index (χ2n) is 4.20. The predicted octanol–water partition coefficient (Wildman–Crippen LogP) is 2.44. The molecule has 1 aliphatic rings. The van der Waals surface area contributed by atoms with Crippen LogP contribution < -0.4 is 5.32 Å². The molecule has 15 heavy (non-hydrogen) atoms. The number of furan rings is 1. The molecule has 1 aromatic rings. The number of nitrogens with one attached hydrogen (secondary N) is 1. The maximum absolute atomic E-state index is 9.40. The summed E-state index contributed by atoms with van der Waals surface area (Å²) in [7, 11) is 0. The summed E-state index contributed by atoms with van der Waals surface area (Å²) in [5, 5.41) is 12.8. The normalized spacial score (nSPS) is 19.6. The summed E-state index contributed by atoms with van der Waals surface area (Å²) in [5.74, 6) is 0.904. The van der Waals surface area contributed by atoms with Gasteiger partial charge in [-0.15, -0.1) is 0 Å². The molecule has 0 bridgehead atoms. The molecular weight excluding hydrogens is 258 g/mol. The number of aliphatic hydroxyl groups is 1. The topological polar surface area (TPSA) is 45.4 Å². The SMILES string of the molecule is OCC1(NCc2ccc(Br)o2)CCCC1. The average Bonchev–Trinajstić information content (AvgIpc) is 2.85. The van der Waals surface area contributed by atoms with Gasteiger partial charge in [-0.2, -0.15) is 0 Å². The first-order valence-corrected chi connectivity index (χ1v) is 6.13. The van der Waals surface area contributed by atoms with Crippen LogP contribution in [0.4, 0.5) is 0 Å². The smallest absolute Gasteiger partial charge is 0.169 e. The van der Waals surface area contributed by atoms with E-state index in [1.54, 1.807) is 0 Å². The van der Waals surface area contributed by atoms with E-state index in [0.717, 1.165) is 23.3 Å². The van der Waals surface area contributed by atoms with Gasteiger partial charge in [0.05, 0.1) is 13.2 Å². The molecule has 0 spiro atoms. The molecule has 0 amide bonds. The van der Waals surface area contributed by atoms with Crippen molar-refractivity contribution in [3.8, 4) is 0 Å². The molecule has 0 saturated heterocycles. The summed E-state index contributed by atoms with van der Waals surface area (Å²) in [6, 6.07) is 3.83. The zero-order valence-electron chi connectivity index (χ0n) is 8.63. The van der Waals surface area contributed by atoms with Crippen LogP contribution in [-0.4, -0.2) is 17.3 Å². The largest absolute Gasteiger partial charge is 0.453 e. The molecule has 0 unspecified atom stereocenters. The summed E-state index contributed by atoms with van der Waals surface area (Å²) in [5.41, 5.74) is -0.0702. The standard InChI is InChI=1S/C11H16BrNO2/c12-10-4-3-9(15-10)7-13-11(8-14)5-1-2-6-11/h3-4,13-14H,1-2,5-8H2. The van der Waals surface area contributed by atoms with E-state index < -0.39 is 0 Å². The molecule has 1 aliphatic carbocycles. The molecule has 0 radical (unpaired) electrons. The van der Waals surface area contributed by atoms with Gasteiger partial charge >= 0.3 is 0 Å². The Hall–Kier alpha value is -0.320. The molecule has 0 aliphatic heterocycles. The Balaban J connectivity index is 1.91. The van der Waals surface area contributed by atoms with Crippen LogP contribution in [0.5, 0.6) is 0 Å². The van der Waals surface area contributed by atoms with Gasteiger partial charge in [-0.1, -0.05) is 12.8 Å². The zero-order valence-corrected chi connectivity index (χ0v) is 10.2. The fourth-order valence-corrected chi connectivity index (χ4v) is 2.50. The molecule has 1 saturated carbocycles. The first-order valence-electron chi connectivity index (χ1n) is 5.34.